The predicted molar refractivity (Wildman–Crippen MR) is 466 cm³/mol. The maximum absolute atomic E-state index is 2.65. The van der Waals surface area contributed by atoms with E-state index in [4.69, 9.17) is 0 Å². The van der Waals surface area contributed by atoms with Gasteiger partial charge in [-0.1, -0.05) is 288 Å². The van der Waals surface area contributed by atoms with Crippen LogP contribution in [0.15, 0.2) is 303 Å². The molecule has 0 spiro atoms. The van der Waals surface area contributed by atoms with Gasteiger partial charge in [-0.3, -0.25) is 0 Å². The largest absolute Gasteiger partial charge is 0.311 e. The van der Waals surface area contributed by atoms with Gasteiger partial charge < -0.3 is 18.9 Å². The van der Waals surface area contributed by atoms with Crippen LogP contribution in [-0.2, 0) is 27.1 Å². The first-order chi connectivity index (χ1) is 52.6. The summed E-state index contributed by atoms with van der Waals surface area (Å²) < 4.78 is 5.08. The van der Waals surface area contributed by atoms with Crippen molar-refractivity contribution in [3.8, 4) is 67.0 Å². The third kappa shape index (κ3) is 10.7. The molecular formula is C104H91BN4. The number of anilines is 6. The predicted octanol–water partition coefficient (Wildman–Crippen LogP) is 26.3. The quantitative estimate of drug-likeness (QED) is 0.134. The van der Waals surface area contributed by atoms with Gasteiger partial charge in [0.1, 0.15) is 0 Å². The second kappa shape index (κ2) is 24.4. The van der Waals surface area contributed by atoms with Crippen molar-refractivity contribution in [3.05, 3.63) is 331 Å². The molecule has 2 aromatic heterocycles. The lowest BCUT2D eigenvalue weighted by atomic mass is 9.33. The van der Waals surface area contributed by atoms with Crippen molar-refractivity contribution in [3.63, 3.8) is 0 Å². The van der Waals surface area contributed by atoms with Gasteiger partial charge in [0.2, 0.25) is 0 Å². The average Bonchev–Trinajstić information content (AvgIpc) is 1.35. The van der Waals surface area contributed by atoms with Crippen LogP contribution in [0.5, 0.6) is 0 Å². The van der Waals surface area contributed by atoms with E-state index in [1.54, 1.807) is 0 Å². The van der Waals surface area contributed by atoms with Crippen molar-refractivity contribution in [1.82, 2.24) is 9.13 Å². The first-order valence-corrected chi connectivity index (χ1v) is 39.5. The topological polar surface area (TPSA) is 16.3 Å². The Hall–Kier alpha value is -11.7. The van der Waals surface area contributed by atoms with Gasteiger partial charge >= 0.3 is 0 Å². The minimum absolute atomic E-state index is 0.0690. The molecule has 0 saturated heterocycles. The number of benzene rings is 14. The maximum atomic E-state index is 2.65. The Morgan fingerprint density at radius 1 is 0.266 bits per heavy atom. The summed E-state index contributed by atoms with van der Waals surface area (Å²) in [6.07, 6.45) is 4.69. The summed E-state index contributed by atoms with van der Waals surface area (Å²) in [6.45, 7) is 26.3. The summed E-state index contributed by atoms with van der Waals surface area (Å²) in [4.78, 5) is 5.27. The van der Waals surface area contributed by atoms with Gasteiger partial charge in [0, 0.05) is 61.4 Å². The van der Waals surface area contributed by atoms with Crippen LogP contribution in [0.3, 0.4) is 0 Å². The summed E-state index contributed by atoms with van der Waals surface area (Å²) in [6, 6.07) is 117. The Bertz CT molecular complexity index is 6240. The van der Waals surface area contributed by atoms with Crippen LogP contribution in [0.25, 0.3) is 111 Å². The normalized spacial score (nSPS) is 15.8. The lowest BCUT2D eigenvalue weighted by molar-refractivity contribution is 0.332. The van der Waals surface area contributed by atoms with Crippen molar-refractivity contribution in [2.75, 3.05) is 9.80 Å². The number of nitrogens with zero attached hydrogens (tertiary/aromatic N) is 4. The molecular weight excluding hydrogens is 1320 g/mol. The minimum atomic E-state index is -0.199. The molecule has 0 bridgehead atoms. The standard InChI is InChI=1S/C104H91BN4/c1-100(2,3)84-31-21-18-28-79(84)74-42-53-95-90(62-74)105-89-50-47-77(108-91-32-22-19-29-80(91)81-30-20-23-33-92(81)108)63-96(89)107(76-45-36-69(37-46-76)73-39-49-86-88(61-73)104(10,11)57-55-102(86,6)7)98-65-78(64-97(99(98)105)106(95)75-43-34-68(35-44-75)72-38-48-85-87(60-72)103(8,9)56-54-101(85,4)5)109-93-51-40-70(66-24-14-12-15-25-66)58-82(93)83-59-71(41-52-94(83)109)67-26-16-13-17-27-67/h12-53,58-65H,54-57H2,1-11H3. The van der Waals surface area contributed by atoms with Crippen LogP contribution < -0.4 is 26.2 Å². The lowest BCUT2D eigenvalue weighted by Gasteiger charge is -2.45. The molecule has 0 N–H and O–H groups in total. The van der Waals surface area contributed by atoms with E-state index < -0.39 is 0 Å². The van der Waals surface area contributed by atoms with E-state index in [0.717, 1.165) is 69.4 Å². The highest BCUT2D eigenvalue weighted by Gasteiger charge is 2.46. The number of para-hydroxylation sites is 2. The van der Waals surface area contributed by atoms with Crippen LogP contribution >= 0.6 is 0 Å². The van der Waals surface area contributed by atoms with E-state index in [2.05, 4.69) is 398 Å². The summed E-state index contributed by atoms with van der Waals surface area (Å²) in [5.74, 6) is 0. The summed E-state index contributed by atoms with van der Waals surface area (Å²) >= 11 is 0. The fraction of sp³-hybridized carbons (Fsp3) is 0.192. The molecule has 109 heavy (non-hydrogen) atoms. The molecule has 0 atom stereocenters. The van der Waals surface area contributed by atoms with Crippen LogP contribution in [-0.4, -0.2) is 15.8 Å². The van der Waals surface area contributed by atoms with E-state index in [-0.39, 0.29) is 33.8 Å². The van der Waals surface area contributed by atoms with Crippen molar-refractivity contribution in [2.45, 2.75) is 129 Å². The number of hydrogen-bond donors (Lipinski definition) is 0. The van der Waals surface area contributed by atoms with E-state index in [1.165, 1.54) is 145 Å². The van der Waals surface area contributed by atoms with E-state index >= 15 is 0 Å². The molecule has 0 radical (unpaired) electrons. The molecule has 0 unspecified atom stereocenters. The number of aromatic nitrogens is 2. The molecule has 5 heteroatoms. The fourth-order valence-electron chi connectivity index (χ4n) is 19.6. The van der Waals surface area contributed by atoms with Gasteiger partial charge in [0.25, 0.3) is 6.71 Å². The second-order valence-corrected chi connectivity index (χ2v) is 35.4. The molecule has 0 saturated carbocycles. The number of rotatable bonds is 9. The van der Waals surface area contributed by atoms with Crippen LogP contribution in [0, 0.1) is 0 Å². The molecule has 16 aromatic rings. The second-order valence-electron chi connectivity index (χ2n) is 35.4. The zero-order valence-corrected chi connectivity index (χ0v) is 64.6. The van der Waals surface area contributed by atoms with Crippen LogP contribution in [0.2, 0.25) is 0 Å². The van der Waals surface area contributed by atoms with Gasteiger partial charge in [-0.2, -0.15) is 0 Å². The Balaban J connectivity index is 0.882. The Morgan fingerprint density at radius 3 is 1.17 bits per heavy atom. The summed E-state index contributed by atoms with van der Waals surface area (Å²) in [7, 11) is 0. The van der Waals surface area contributed by atoms with Crippen LogP contribution in [0.1, 0.15) is 130 Å². The zero-order chi connectivity index (χ0) is 74.2. The molecule has 4 nitrogen and oxygen atoms in total. The molecule has 4 heterocycles. The van der Waals surface area contributed by atoms with Crippen molar-refractivity contribution in [2.24, 2.45) is 0 Å². The van der Waals surface area contributed by atoms with Gasteiger partial charge in [-0.05, 0) is 244 Å². The smallest absolute Gasteiger partial charge is 0.252 e. The molecule has 2 aliphatic carbocycles. The summed E-state index contributed by atoms with van der Waals surface area (Å²) in [5, 5.41) is 4.89. The third-order valence-electron chi connectivity index (χ3n) is 25.8. The molecule has 14 aromatic carbocycles. The third-order valence-corrected chi connectivity index (χ3v) is 25.8. The molecule has 530 valence electrons. The van der Waals surface area contributed by atoms with Crippen molar-refractivity contribution < 1.29 is 0 Å². The van der Waals surface area contributed by atoms with Gasteiger partial charge in [0.15, 0.2) is 0 Å². The minimum Gasteiger partial charge on any atom is -0.311 e. The Morgan fingerprint density at radius 2 is 0.651 bits per heavy atom. The molecule has 20 rings (SSSR count). The first-order valence-electron chi connectivity index (χ1n) is 39.5. The van der Waals surface area contributed by atoms with E-state index in [1.807, 2.05) is 0 Å². The number of fused-ring (bicyclic) bond motifs is 12. The maximum Gasteiger partial charge on any atom is 0.252 e. The van der Waals surface area contributed by atoms with Gasteiger partial charge in [0.05, 0.1) is 27.8 Å². The highest BCUT2D eigenvalue weighted by molar-refractivity contribution is 7.00. The monoisotopic (exact) mass is 1410 g/mol. The van der Waals surface area contributed by atoms with Crippen molar-refractivity contribution >= 4 is 101 Å². The van der Waals surface area contributed by atoms with E-state index in [9.17, 15) is 0 Å². The van der Waals surface area contributed by atoms with Gasteiger partial charge in [-0.25, -0.2) is 0 Å². The highest BCUT2D eigenvalue weighted by Crippen LogP contribution is 2.53. The zero-order valence-electron chi connectivity index (χ0n) is 64.6. The van der Waals surface area contributed by atoms with Crippen molar-refractivity contribution in [1.29, 1.82) is 0 Å². The SMILES string of the molecule is CC(C)(C)c1ccccc1-c1ccc2c(c1)B1c3ccc(-n4c5ccccc5c5ccccc54)cc3N(c3ccc(-c4ccc5c(c4)C(C)(C)CCC5(C)C)cc3)c3cc(-n4c5ccc(-c6ccccc6)cc5c5cc(-c6ccccc6)ccc54)cc(c31)N2c1ccc(-c2ccc3c(c2)C(C)(C)CCC3(C)C)cc1. The fourth-order valence-corrected chi connectivity index (χ4v) is 19.6. The molecule has 0 amide bonds. The molecule has 2 aliphatic heterocycles. The molecule has 4 aliphatic rings. The highest BCUT2D eigenvalue weighted by atomic mass is 15.2. The lowest BCUT2D eigenvalue weighted by Crippen LogP contribution is -2.61. The van der Waals surface area contributed by atoms with Crippen LogP contribution in [0.4, 0.5) is 34.1 Å². The van der Waals surface area contributed by atoms with Gasteiger partial charge in [-0.15, -0.1) is 0 Å². The van der Waals surface area contributed by atoms with E-state index in [0.29, 0.717) is 0 Å². The average molecular weight is 1410 g/mol. The Kier molecular flexibility index (Phi) is 15.0. The number of hydrogen-bond acceptors (Lipinski definition) is 2. The summed E-state index contributed by atoms with van der Waals surface area (Å²) in [5.41, 5.74) is 37.1. The molecule has 0 fully saturated rings. The Labute approximate surface area is 642 Å². The first kappa shape index (κ1) is 66.8.